The minimum absolute atomic E-state index is 0.0358. The van der Waals surface area contributed by atoms with E-state index < -0.39 is 41.8 Å². The highest BCUT2D eigenvalue weighted by Crippen LogP contribution is 2.20. The van der Waals surface area contributed by atoms with Gasteiger partial charge >= 0.3 is 5.97 Å². The zero-order valence-corrected chi connectivity index (χ0v) is 21.8. The molecule has 0 aliphatic rings. The molecule has 0 saturated carbocycles. The number of nitrogens with two attached hydrogens (primary N) is 1. The fourth-order valence-electron chi connectivity index (χ4n) is 4.44. The van der Waals surface area contributed by atoms with Gasteiger partial charge in [0, 0.05) is 52.8 Å². The molecule has 0 spiro atoms. The van der Waals surface area contributed by atoms with Crippen LogP contribution in [0.4, 0.5) is 0 Å². The van der Waals surface area contributed by atoms with Gasteiger partial charge in [0.05, 0.1) is 6.54 Å². The van der Waals surface area contributed by atoms with Gasteiger partial charge < -0.3 is 36.8 Å². The summed E-state index contributed by atoms with van der Waals surface area (Å²) in [5.41, 5.74) is 8.70. The first kappa shape index (κ1) is 27.7. The highest BCUT2D eigenvalue weighted by molar-refractivity contribution is 7.80. The van der Waals surface area contributed by atoms with Gasteiger partial charge in [-0.05, 0) is 23.3 Å². The molecular weight excluding hydrogens is 520 g/mol. The number of aromatic nitrogens is 2. The van der Waals surface area contributed by atoms with E-state index in [9.17, 15) is 24.3 Å². The summed E-state index contributed by atoms with van der Waals surface area (Å²) < 4.78 is 0. The quantitative estimate of drug-likeness (QED) is 0.121. The van der Waals surface area contributed by atoms with Crippen LogP contribution in [0.1, 0.15) is 11.1 Å². The van der Waals surface area contributed by atoms with Crippen LogP contribution in [0.5, 0.6) is 0 Å². The Labute approximate surface area is 229 Å². The number of H-pyrrole nitrogens is 2. The van der Waals surface area contributed by atoms with Gasteiger partial charge in [-0.25, -0.2) is 4.79 Å². The predicted octanol–water partition coefficient (Wildman–Crippen LogP) is 0.862. The van der Waals surface area contributed by atoms with E-state index in [4.69, 9.17) is 5.73 Å². The number of carboxylic acids is 1. The van der Waals surface area contributed by atoms with Crippen LogP contribution in [0.3, 0.4) is 0 Å². The van der Waals surface area contributed by atoms with Gasteiger partial charge in [0.2, 0.25) is 17.7 Å². The number of aliphatic carboxylic acids is 1. The second kappa shape index (κ2) is 12.5. The maximum absolute atomic E-state index is 13.2. The molecule has 4 rings (SSSR count). The summed E-state index contributed by atoms with van der Waals surface area (Å²) in [4.78, 5) is 56.6. The lowest BCUT2D eigenvalue weighted by Gasteiger charge is -2.23. The summed E-state index contributed by atoms with van der Waals surface area (Å²) in [6.45, 7) is -0.317. The number of rotatable bonds is 12. The number of hydrogen-bond acceptors (Lipinski definition) is 6. The number of amides is 3. The van der Waals surface area contributed by atoms with E-state index in [1.165, 1.54) is 0 Å². The first-order chi connectivity index (χ1) is 18.8. The number of carbonyl (C=O) groups is 4. The topological polar surface area (TPSA) is 182 Å². The molecule has 0 saturated heterocycles. The smallest absolute Gasteiger partial charge is 0.326 e. The molecule has 3 unspecified atom stereocenters. The van der Waals surface area contributed by atoms with E-state index in [2.05, 4.69) is 38.5 Å². The number of nitrogens with one attached hydrogen (secondary N) is 5. The molecule has 0 fully saturated rings. The summed E-state index contributed by atoms with van der Waals surface area (Å²) in [6.07, 6.45) is 3.64. The standard InChI is InChI=1S/C27H30N6O5S/c28-11-24(34)31-21(9-15-12-29-19-7-3-1-5-17(15)19)25(35)33-23(14-39)26(36)32-22(27(37)38)10-16-13-30-20-8-4-2-6-18(16)20/h1-8,12-13,21-23,29-30,39H,9-11,14,28H2,(H,31,34)(H,32,36)(H,33,35)(H,37,38). The number of carbonyl (C=O) groups excluding carboxylic acids is 3. The molecule has 0 radical (unpaired) electrons. The Morgan fingerprint density at radius 2 is 1.26 bits per heavy atom. The van der Waals surface area contributed by atoms with E-state index in [0.29, 0.717) is 0 Å². The SMILES string of the molecule is NCC(=O)NC(Cc1c[nH]c2ccccc12)C(=O)NC(CS)C(=O)NC(Cc1c[nH]c2ccccc12)C(=O)O. The van der Waals surface area contributed by atoms with Gasteiger partial charge in [-0.3, -0.25) is 14.4 Å². The fraction of sp³-hybridized carbons (Fsp3) is 0.259. The molecule has 2 aromatic carbocycles. The molecule has 0 aliphatic heterocycles. The maximum atomic E-state index is 13.2. The summed E-state index contributed by atoms with van der Waals surface area (Å²) in [6, 6.07) is 11.5. The molecule has 8 N–H and O–H groups in total. The minimum atomic E-state index is -1.24. The monoisotopic (exact) mass is 550 g/mol. The Bertz CT molecular complexity index is 1500. The zero-order chi connectivity index (χ0) is 27.9. The highest BCUT2D eigenvalue weighted by Gasteiger charge is 2.30. The second-order valence-electron chi connectivity index (χ2n) is 9.09. The lowest BCUT2D eigenvalue weighted by molar-refractivity contribution is -0.142. The lowest BCUT2D eigenvalue weighted by atomic mass is 10.0. The fourth-order valence-corrected chi connectivity index (χ4v) is 4.70. The van der Waals surface area contributed by atoms with E-state index in [1.54, 1.807) is 12.4 Å². The Hall–Kier alpha value is -4.29. The Morgan fingerprint density at radius 1 is 0.769 bits per heavy atom. The third-order valence-corrected chi connectivity index (χ3v) is 6.83. The van der Waals surface area contributed by atoms with Crippen molar-refractivity contribution in [1.29, 1.82) is 0 Å². The molecule has 3 amide bonds. The van der Waals surface area contributed by atoms with Crippen molar-refractivity contribution in [2.75, 3.05) is 12.3 Å². The van der Waals surface area contributed by atoms with Crippen LogP contribution in [0, 0.1) is 0 Å². The number of thiol groups is 1. The molecule has 2 heterocycles. The molecule has 0 bridgehead atoms. The summed E-state index contributed by atoms with van der Waals surface area (Å²) in [7, 11) is 0. The molecule has 0 aliphatic carbocycles. The number of hydrogen-bond donors (Lipinski definition) is 8. The highest BCUT2D eigenvalue weighted by atomic mass is 32.1. The number of aromatic amines is 2. The minimum Gasteiger partial charge on any atom is -0.480 e. The van der Waals surface area contributed by atoms with Crippen LogP contribution in [0.15, 0.2) is 60.9 Å². The van der Waals surface area contributed by atoms with E-state index in [-0.39, 0.29) is 25.1 Å². The third kappa shape index (κ3) is 6.59. The Kier molecular flexibility index (Phi) is 8.89. The van der Waals surface area contributed by atoms with Gasteiger partial charge in [0.15, 0.2) is 0 Å². The van der Waals surface area contributed by atoms with Crippen LogP contribution in [-0.4, -0.2) is 69.2 Å². The van der Waals surface area contributed by atoms with Crippen LogP contribution in [0.25, 0.3) is 21.8 Å². The summed E-state index contributed by atoms with van der Waals surface area (Å²) in [5, 5.41) is 19.2. The van der Waals surface area contributed by atoms with Crippen molar-refractivity contribution >= 4 is 58.1 Å². The molecule has 11 nitrogen and oxygen atoms in total. The van der Waals surface area contributed by atoms with Crippen molar-refractivity contribution in [3.63, 3.8) is 0 Å². The van der Waals surface area contributed by atoms with E-state index in [0.717, 1.165) is 32.9 Å². The normalized spacial score (nSPS) is 13.5. The van der Waals surface area contributed by atoms with Gasteiger partial charge in [-0.2, -0.15) is 12.6 Å². The van der Waals surface area contributed by atoms with Gasteiger partial charge in [-0.15, -0.1) is 0 Å². The summed E-state index contributed by atoms with van der Waals surface area (Å²) >= 11 is 4.20. The van der Waals surface area contributed by atoms with Gasteiger partial charge in [0.1, 0.15) is 18.1 Å². The van der Waals surface area contributed by atoms with Crippen LogP contribution < -0.4 is 21.7 Å². The first-order valence-corrected chi connectivity index (χ1v) is 13.0. The average molecular weight is 551 g/mol. The first-order valence-electron chi connectivity index (χ1n) is 12.3. The Morgan fingerprint density at radius 3 is 1.77 bits per heavy atom. The van der Waals surface area contributed by atoms with Crippen LogP contribution in [-0.2, 0) is 32.0 Å². The molecule has 4 aromatic rings. The molecule has 39 heavy (non-hydrogen) atoms. The summed E-state index contributed by atoms with van der Waals surface area (Å²) in [5.74, 6) is -3.18. The van der Waals surface area contributed by atoms with Crippen molar-refractivity contribution in [3.05, 3.63) is 72.1 Å². The van der Waals surface area contributed by atoms with Gasteiger partial charge in [-0.1, -0.05) is 36.4 Å². The zero-order valence-electron chi connectivity index (χ0n) is 20.9. The predicted molar refractivity (Wildman–Crippen MR) is 150 cm³/mol. The molecule has 12 heteroatoms. The molecule has 204 valence electrons. The Balaban J connectivity index is 1.46. The van der Waals surface area contributed by atoms with Crippen molar-refractivity contribution in [2.45, 2.75) is 31.0 Å². The second-order valence-corrected chi connectivity index (χ2v) is 9.46. The number of fused-ring (bicyclic) bond motifs is 2. The van der Waals surface area contributed by atoms with Crippen molar-refractivity contribution in [2.24, 2.45) is 5.73 Å². The number of para-hydroxylation sites is 2. The van der Waals surface area contributed by atoms with E-state index >= 15 is 0 Å². The molecule has 2 aromatic heterocycles. The van der Waals surface area contributed by atoms with Crippen LogP contribution in [0.2, 0.25) is 0 Å². The third-order valence-electron chi connectivity index (χ3n) is 6.47. The number of benzene rings is 2. The maximum Gasteiger partial charge on any atom is 0.326 e. The van der Waals surface area contributed by atoms with Crippen molar-refractivity contribution in [1.82, 2.24) is 25.9 Å². The molecular formula is C27H30N6O5S. The van der Waals surface area contributed by atoms with Gasteiger partial charge in [0.25, 0.3) is 0 Å². The van der Waals surface area contributed by atoms with Crippen molar-refractivity contribution in [3.8, 4) is 0 Å². The lowest BCUT2D eigenvalue weighted by Crippen LogP contribution is -2.57. The van der Waals surface area contributed by atoms with E-state index in [1.807, 2.05) is 48.5 Å². The van der Waals surface area contributed by atoms with Crippen LogP contribution >= 0.6 is 12.6 Å². The largest absolute Gasteiger partial charge is 0.480 e. The number of carboxylic acid groups (broad SMARTS) is 1. The molecule has 3 atom stereocenters. The van der Waals surface area contributed by atoms with Crippen molar-refractivity contribution < 1.29 is 24.3 Å². The average Bonchev–Trinajstić information content (AvgIpc) is 3.54.